The summed E-state index contributed by atoms with van der Waals surface area (Å²) in [7, 11) is 0. The zero-order valence-electron chi connectivity index (χ0n) is 6.89. The third-order valence-electron chi connectivity index (χ3n) is 1.66. The SMILES string of the molecule is CC(=O)c1cc(F)c(C)cc1O. The van der Waals surface area contributed by atoms with Gasteiger partial charge >= 0.3 is 0 Å². The molecule has 0 atom stereocenters. The second kappa shape index (κ2) is 2.93. The number of aryl methyl sites for hydroxylation is 1. The molecule has 0 spiro atoms. The Hall–Kier alpha value is -1.38. The van der Waals surface area contributed by atoms with Crippen molar-refractivity contribution in [3.63, 3.8) is 0 Å². The lowest BCUT2D eigenvalue weighted by molar-refractivity contribution is 0.101. The number of hydrogen-bond donors (Lipinski definition) is 1. The maximum Gasteiger partial charge on any atom is 0.163 e. The summed E-state index contributed by atoms with van der Waals surface area (Å²) in [5.41, 5.74) is 0.357. The number of phenols is 1. The summed E-state index contributed by atoms with van der Waals surface area (Å²) < 4.78 is 12.9. The fraction of sp³-hybridized carbons (Fsp3) is 0.222. The van der Waals surface area contributed by atoms with Gasteiger partial charge in [-0.25, -0.2) is 4.39 Å². The number of carbonyl (C=O) groups is 1. The number of rotatable bonds is 1. The molecule has 12 heavy (non-hydrogen) atoms. The van der Waals surface area contributed by atoms with Gasteiger partial charge < -0.3 is 5.11 Å². The van der Waals surface area contributed by atoms with E-state index in [9.17, 15) is 14.3 Å². The van der Waals surface area contributed by atoms with Crippen molar-refractivity contribution < 1.29 is 14.3 Å². The lowest BCUT2D eigenvalue weighted by Gasteiger charge is -2.02. The molecule has 0 radical (unpaired) electrons. The molecular weight excluding hydrogens is 159 g/mol. The van der Waals surface area contributed by atoms with Gasteiger partial charge in [0.05, 0.1) is 5.56 Å². The molecule has 1 N–H and O–H groups in total. The van der Waals surface area contributed by atoms with E-state index in [0.717, 1.165) is 6.07 Å². The van der Waals surface area contributed by atoms with Crippen molar-refractivity contribution in [1.82, 2.24) is 0 Å². The first-order chi connectivity index (χ1) is 5.52. The van der Waals surface area contributed by atoms with Gasteiger partial charge in [0.1, 0.15) is 11.6 Å². The Morgan fingerprint density at radius 3 is 2.58 bits per heavy atom. The van der Waals surface area contributed by atoms with Gasteiger partial charge in [0.15, 0.2) is 5.78 Å². The van der Waals surface area contributed by atoms with Gasteiger partial charge in [-0.1, -0.05) is 0 Å². The Morgan fingerprint density at radius 2 is 2.08 bits per heavy atom. The smallest absolute Gasteiger partial charge is 0.163 e. The van der Waals surface area contributed by atoms with Crippen LogP contribution in [0.15, 0.2) is 12.1 Å². The number of hydrogen-bond acceptors (Lipinski definition) is 2. The van der Waals surface area contributed by atoms with Crippen molar-refractivity contribution >= 4 is 5.78 Å². The zero-order chi connectivity index (χ0) is 9.30. The second-order valence-corrected chi connectivity index (χ2v) is 2.67. The van der Waals surface area contributed by atoms with Crippen LogP contribution in [0.4, 0.5) is 4.39 Å². The molecule has 0 aromatic heterocycles. The van der Waals surface area contributed by atoms with Gasteiger partial charge in [-0.2, -0.15) is 0 Å². The number of aromatic hydroxyl groups is 1. The van der Waals surface area contributed by atoms with Gasteiger partial charge in [-0.15, -0.1) is 0 Å². The summed E-state index contributed by atoms with van der Waals surface area (Å²) in [5.74, 6) is -0.981. The Kier molecular flexibility index (Phi) is 2.13. The van der Waals surface area contributed by atoms with Crippen LogP contribution < -0.4 is 0 Å². The van der Waals surface area contributed by atoms with Gasteiger partial charge in [-0.3, -0.25) is 4.79 Å². The highest BCUT2D eigenvalue weighted by Crippen LogP contribution is 2.21. The molecule has 0 unspecified atom stereocenters. The lowest BCUT2D eigenvalue weighted by Crippen LogP contribution is -1.95. The minimum Gasteiger partial charge on any atom is -0.507 e. The highest BCUT2D eigenvalue weighted by molar-refractivity contribution is 5.96. The Labute approximate surface area is 69.6 Å². The molecule has 0 heterocycles. The molecule has 0 aliphatic heterocycles. The number of phenolic OH excluding ortho intramolecular Hbond substituents is 1. The van der Waals surface area contributed by atoms with Gasteiger partial charge in [-0.05, 0) is 31.5 Å². The molecule has 0 amide bonds. The Morgan fingerprint density at radius 1 is 1.50 bits per heavy atom. The van der Waals surface area contributed by atoms with Crippen LogP contribution in [0.3, 0.4) is 0 Å². The van der Waals surface area contributed by atoms with E-state index in [2.05, 4.69) is 0 Å². The summed E-state index contributed by atoms with van der Waals surface area (Å²) in [4.78, 5) is 10.8. The number of halogens is 1. The fourth-order valence-corrected chi connectivity index (χ4v) is 0.948. The monoisotopic (exact) mass is 168 g/mol. The van der Waals surface area contributed by atoms with E-state index in [1.54, 1.807) is 0 Å². The molecule has 0 fully saturated rings. The van der Waals surface area contributed by atoms with Crippen LogP contribution in [-0.4, -0.2) is 10.9 Å². The zero-order valence-corrected chi connectivity index (χ0v) is 6.89. The number of benzene rings is 1. The number of Topliss-reactive ketones (excluding diaryl/α,β-unsaturated/α-hetero) is 1. The van der Waals surface area contributed by atoms with Gasteiger partial charge in [0.25, 0.3) is 0 Å². The van der Waals surface area contributed by atoms with Crippen molar-refractivity contribution in [3.8, 4) is 5.75 Å². The summed E-state index contributed by atoms with van der Waals surface area (Å²) in [6, 6.07) is 2.29. The van der Waals surface area contributed by atoms with E-state index in [1.165, 1.54) is 19.9 Å². The highest BCUT2D eigenvalue weighted by Gasteiger charge is 2.09. The predicted octanol–water partition coefficient (Wildman–Crippen LogP) is 2.04. The van der Waals surface area contributed by atoms with E-state index in [-0.39, 0.29) is 17.1 Å². The third kappa shape index (κ3) is 1.44. The van der Waals surface area contributed by atoms with Crippen LogP contribution in [0, 0.1) is 12.7 Å². The van der Waals surface area contributed by atoms with Crippen LogP contribution >= 0.6 is 0 Å². The molecule has 0 saturated heterocycles. The molecule has 1 aromatic carbocycles. The van der Waals surface area contributed by atoms with Crippen molar-refractivity contribution in [2.45, 2.75) is 13.8 Å². The van der Waals surface area contributed by atoms with Crippen molar-refractivity contribution in [3.05, 3.63) is 29.1 Å². The Balaban J connectivity index is 3.33. The third-order valence-corrected chi connectivity index (χ3v) is 1.66. The molecule has 1 aromatic rings. The molecule has 3 heteroatoms. The summed E-state index contributed by atoms with van der Waals surface area (Å²) >= 11 is 0. The first kappa shape index (κ1) is 8.71. The topological polar surface area (TPSA) is 37.3 Å². The first-order valence-corrected chi connectivity index (χ1v) is 3.52. The number of carbonyl (C=O) groups excluding carboxylic acids is 1. The van der Waals surface area contributed by atoms with Crippen LogP contribution in [0.1, 0.15) is 22.8 Å². The second-order valence-electron chi connectivity index (χ2n) is 2.67. The predicted molar refractivity (Wildman–Crippen MR) is 42.8 cm³/mol. The average Bonchev–Trinajstić information content (AvgIpc) is 1.96. The average molecular weight is 168 g/mol. The standard InChI is InChI=1S/C9H9FO2/c1-5-3-9(12)7(6(2)11)4-8(5)10/h3-4,12H,1-2H3. The molecular formula is C9H9FO2. The van der Waals surface area contributed by atoms with Crippen molar-refractivity contribution in [2.24, 2.45) is 0 Å². The van der Waals surface area contributed by atoms with Crippen LogP contribution in [0.2, 0.25) is 0 Å². The van der Waals surface area contributed by atoms with E-state index in [1.807, 2.05) is 0 Å². The van der Waals surface area contributed by atoms with Crippen LogP contribution in [0.25, 0.3) is 0 Å². The van der Waals surface area contributed by atoms with Crippen molar-refractivity contribution in [2.75, 3.05) is 0 Å². The van der Waals surface area contributed by atoms with Crippen molar-refractivity contribution in [1.29, 1.82) is 0 Å². The lowest BCUT2D eigenvalue weighted by atomic mass is 10.1. The summed E-state index contributed by atoms with van der Waals surface area (Å²) in [6.45, 7) is 2.81. The molecule has 64 valence electrons. The highest BCUT2D eigenvalue weighted by atomic mass is 19.1. The molecule has 0 aliphatic rings. The maximum atomic E-state index is 12.9. The molecule has 1 rings (SSSR count). The molecule has 2 nitrogen and oxygen atoms in total. The molecule has 0 aliphatic carbocycles. The molecule has 0 saturated carbocycles. The minimum absolute atomic E-state index is 0.0260. The van der Waals surface area contributed by atoms with Gasteiger partial charge in [0, 0.05) is 0 Å². The van der Waals surface area contributed by atoms with E-state index >= 15 is 0 Å². The normalized spacial score (nSPS) is 9.92. The van der Waals surface area contributed by atoms with Crippen LogP contribution in [0.5, 0.6) is 5.75 Å². The quantitative estimate of drug-likeness (QED) is 0.651. The molecule has 0 bridgehead atoms. The summed E-state index contributed by atoms with van der Waals surface area (Å²) in [5, 5.41) is 9.20. The van der Waals surface area contributed by atoms with Crippen LogP contribution in [-0.2, 0) is 0 Å². The van der Waals surface area contributed by atoms with E-state index in [0.29, 0.717) is 5.56 Å². The maximum absolute atomic E-state index is 12.9. The summed E-state index contributed by atoms with van der Waals surface area (Å²) in [6.07, 6.45) is 0. The first-order valence-electron chi connectivity index (χ1n) is 3.52. The minimum atomic E-state index is -0.474. The van der Waals surface area contributed by atoms with Gasteiger partial charge in [0.2, 0.25) is 0 Å². The Bertz CT molecular complexity index is 332. The van der Waals surface area contributed by atoms with E-state index in [4.69, 9.17) is 0 Å². The largest absolute Gasteiger partial charge is 0.507 e. The fourth-order valence-electron chi connectivity index (χ4n) is 0.948. The number of ketones is 1. The van der Waals surface area contributed by atoms with E-state index < -0.39 is 5.82 Å².